The highest BCUT2D eigenvalue weighted by Gasteiger charge is 2.21. The number of nitrogens with zero attached hydrogens (tertiary/aromatic N) is 1. The minimum atomic E-state index is -1.11. The largest absolute Gasteiger partial charge is 0.495 e. The molecule has 1 amide bonds. The number of rotatable bonds is 7. The molecule has 2 rings (SSSR count). The molecule has 0 heterocycles. The molecule has 27 heavy (non-hydrogen) atoms. The molecule has 1 N–H and O–H groups in total. The van der Waals surface area contributed by atoms with Gasteiger partial charge in [-0.25, -0.2) is 4.79 Å². The summed E-state index contributed by atoms with van der Waals surface area (Å²) >= 11 is 1.54. The number of non-ortho nitro benzene ring substituents is 1. The molecule has 8 nitrogen and oxygen atoms in total. The minimum Gasteiger partial charge on any atom is -0.495 e. The number of nitro groups is 1. The van der Waals surface area contributed by atoms with Gasteiger partial charge in [0.25, 0.3) is 11.6 Å². The van der Waals surface area contributed by atoms with E-state index in [0.717, 1.165) is 4.90 Å². The average molecular weight is 390 g/mol. The van der Waals surface area contributed by atoms with E-state index in [9.17, 15) is 19.7 Å². The van der Waals surface area contributed by atoms with Gasteiger partial charge in [-0.3, -0.25) is 14.9 Å². The van der Waals surface area contributed by atoms with Gasteiger partial charge < -0.3 is 14.8 Å². The zero-order chi connectivity index (χ0) is 20.0. The van der Waals surface area contributed by atoms with Gasteiger partial charge in [0.1, 0.15) is 5.75 Å². The number of carbonyl (C=O) groups is 2. The molecule has 0 aliphatic heterocycles. The number of hydrogen-bond acceptors (Lipinski definition) is 7. The smallest absolute Gasteiger partial charge is 0.338 e. The van der Waals surface area contributed by atoms with Gasteiger partial charge in [-0.1, -0.05) is 0 Å². The lowest BCUT2D eigenvalue weighted by atomic mass is 10.2. The molecule has 0 aliphatic rings. The average Bonchev–Trinajstić information content (AvgIpc) is 2.67. The Balaban J connectivity index is 2.07. The van der Waals surface area contributed by atoms with Crippen LogP contribution in [0.4, 0.5) is 11.4 Å². The first-order valence-electron chi connectivity index (χ1n) is 7.84. The molecule has 9 heteroatoms. The van der Waals surface area contributed by atoms with Crippen LogP contribution in [0.3, 0.4) is 0 Å². The maximum atomic E-state index is 12.3. The highest BCUT2D eigenvalue weighted by atomic mass is 32.2. The SMILES string of the molecule is COc1ccc([N+](=O)[O-])cc1NC(=O)[C@H](C)OC(=O)c1ccc(SC)cc1. The van der Waals surface area contributed by atoms with E-state index in [1.807, 2.05) is 6.26 Å². The summed E-state index contributed by atoms with van der Waals surface area (Å²) in [6.07, 6.45) is 0.809. The van der Waals surface area contributed by atoms with Crippen molar-refractivity contribution >= 4 is 35.0 Å². The summed E-state index contributed by atoms with van der Waals surface area (Å²) in [4.78, 5) is 35.8. The lowest BCUT2D eigenvalue weighted by molar-refractivity contribution is -0.384. The number of anilines is 1. The first-order valence-corrected chi connectivity index (χ1v) is 9.06. The summed E-state index contributed by atoms with van der Waals surface area (Å²) in [5.74, 6) is -1.03. The maximum Gasteiger partial charge on any atom is 0.338 e. The molecule has 2 aromatic carbocycles. The maximum absolute atomic E-state index is 12.3. The molecule has 0 aromatic heterocycles. The first kappa shape index (κ1) is 20.2. The second-order valence-electron chi connectivity index (χ2n) is 5.41. The standard InChI is InChI=1S/C18H18N2O6S/c1-11(26-18(22)12-4-7-14(27-3)8-5-12)17(21)19-15-10-13(20(23)24)6-9-16(15)25-2/h4-11H,1-3H3,(H,19,21)/t11-/m0/s1. The van der Waals surface area contributed by atoms with Crippen molar-refractivity contribution in [1.29, 1.82) is 0 Å². The number of benzene rings is 2. The quantitative estimate of drug-likeness (QED) is 0.333. The second kappa shape index (κ2) is 9.04. The van der Waals surface area contributed by atoms with E-state index in [0.29, 0.717) is 5.56 Å². The molecular weight excluding hydrogens is 372 g/mol. The number of esters is 1. The molecule has 0 radical (unpaired) electrons. The van der Waals surface area contributed by atoms with Crippen LogP contribution in [0.2, 0.25) is 0 Å². The van der Waals surface area contributed by atoms with Crippen LogP contribution in [-0.2, 0) is 9.53 Å². The topological polar surface area (TPSA) is 108 Å². The molecular formula is C18H18N2O6S. The minimum absolute atomic E-state index is 0.115. The fraction of sp³-hybridized carbons (Fsp3) is 0.222. The molecule has 0 saturated heterocycles. The number of nitro benzene ring substituents is 1. The second-order valence-corrected chi connectivity index (χ2v) is 6.29. The fourth-order valence-corrected chi connectivity index (χ4v) is 2.56. The highest BCUT2D eigenvalue weighted by molar-refractivity contribution is 7.98. The van der Waals surface area contributed by atoms with Gasteiger partial charge in [0.15, 0.2) is 6.10 Å². The van der Waals surface area contributed by atoms with Crippen molar-refractivity contribution in [3.63, 3.8) is 0 Å². The number of hydrogen-bond donors (Lipinski definition) is 1. The van der Waals surface area contributed by atoms with E-state index in [2.05, 4.69) is 5.32 Å². The summed E-state index contributed by atoms with van der Waals surface area (Å²) in [5.41, 5.74) is 0.230. The van der Waals surface area contributed by atoms with Gasteiger partial charge in [0.05, 0.1) is 23.3 Å². The molecule has 142 valence electrons. The van der Waals surface area contributed by atoms with Crippen molar-refractivity contribution in [2.75, 3.05) is 18.7 Å². The number of thioether (sulfide) groups is 1. The Hall–Kier alpha value is -3.07. The zero-order valence-electron chi connectivity index (χ0n) is 14.9. The van der Waals surface area contributed by atoms with Crippen LogP contribution in [0.1, 0.15) is 17.3 Å². The number of ether oxygens (including phenoxy) is 2. The molecule has 0 aliphatic carbocycles. The highest BCUT2D eigenvalue weighted by Crippen LogP contribution is 2.29. The zero-order valence-corrected chi connectivity index (χ0v) is 15.7. The first-order chi connectivity index (χ1) is 12.8. The van der Waals surface area contributed by atoms with Crippen LogP contribution in [0.25, 0.3) is 0 Å². The predicted molar refractivity (Wildman–Crippen MR) is 101 cm³/mol. The Morgan fingerprint density at radius 3 is 2.41 bits per heavy atom. The molecule has 1 atom stereocenters. The van der Waals surface area contributed by atoms with Crippen LogP contribution < -0.4 is 10.1 Å². The molecule has 0 saturated carbocycles. The Morgan fingerprint density at radius 2 is 1.85 bits per heavy atom. The third-order valence-electron chi connectivity index (χ3n) is 3.63. The van der Waals surface area contributed by atoms with E-state index in [4.69, 9.17) is 9.47 Å². The molecule has 0 fully saturated rings. The van der Waals surface area contributed by atoms with Gasteiger partial charge in [-0.15, -0.1) is 11.8 Å². The van der Waals surface area contributed by atoms with Crippen molar-refractivity contribution < 1.29 is 24.0 Å². The summed E-state index contributed by atoms with van der Waals surface area (Å²) in [6, 6.07) is 10.6. The molecule has 0 spiro atoms. The normalized spacial score (nSPS) is 11.4. The summed E-state index contributed by atoms with van der Waals surface area (Å²) in [5, 5.41) is 13.4. The van der Waals surface area contributed by atoms with E-state index in [-0.39, 0.29) is 17.1 Å². The van der Waals surface area contributed by atoms with Crippen LogP contribution in [-0.4, -0.2) is 36.3 Å². The number of nitrogens with one attached hydrogen (secondary N) is 1. The van der Waals surface area contributed by atoms with Crippen LogP contribution in [0.15, 0.2) is 47.4 Å². The van der Waals surface area contributed by atoms with Crippen molar-refractivity contribution in [2.45, 2.75) is 17.9 Å². The van der Waals surface area contributed by atoms with Gasteiger partial charge in [-0.05, 0) is 43.5 Å². The summed E-state index contributed by atoms with van der Waals surface area (Å²) in [7, 11) is 1.37. The third-order valence-corrected chi connectivity index (χ3v) is 4.37. The Kier molecular flexibility index (Phi) is 6.78. The Bertz CT molecular complexity index is 853. The van der Waals surface area contributed by atoms with Crippen LogP contribution >= 0.6 is 11.8 Å². The monoisotopic (exact) mass is 390 g/mol. The Morgan fingerprint density at radius 1 is 1.19 bits per heavy atom. The molecule has 2 aromatic rings. The van der Waals surface area contributed by atoms with E-state index in [1.165, 1.54) is 44.0 Å². The number of methoxy groups -OCH3 is 1. The van der Waals surface area contributed by atoms with E-state index >= 15 is 0 Å². The van der Waals surface area contributed by atoms with Gasteiger partial charge in [0, 0.05) is 17.0 Å². The van der Waals surface area contributed by atoms with E-state index in [1.54, 1.807) is 24.3 Å². The van der Waals surface area contributed by atoms with Gasteiger partial charge in [-0.2, -0.15) is 0 Å². The van der Waals surface area contributed by atoms with Crippen LogP contribution in [0, 0.1) is 10.1 Å². The van der Waals surface area contributed by atoms with Crippen molar-refractivity contribution in [1.82, 2.24) is 0 Å². The lowest BCUT2D eigenvalue weighted by Gasteiger charge is -2.15. The summed E-state index contributed by atoms with van der Waals surface area (Å²) in [6.45, 7) is 1.41. The molecule has 0 unspecified atom stereocenters. The number of carbonyl (C=O) groups excluding carboxylic acids is 2. The van der Waals surface area contributed by atoms with Gasteiger partial charge in [0.2, 0.25) is 0 Å². The number of amides is 1. The van der Waals surface area contributed by atoms with Crippen molar-refractivity contribution in [2.24, 2.45) is 0 Å². The third kappa shape index (κ3) is 5.20. The predicted octanol–water partition coefficient (Wildman–Crippen LogP) is 3.51. The Labute approximate surface area is 160 Å². The summed E-state index contributed by atoms with van der Waals surface area (Å²) < 4.78 is 10.2. The van der Waals surface area contributed by atoms with E-state index < -0.39 is 22.9 Å². The van der Waals surface area contributed by atoms with Gasteiger partial charge >= 0.3 is 5.97 Å². The molecule has 0 bridgehead atoms. The van der Waals surface area contributed by atoms with Crippen LogP contribution in [0.5, 0.6) is 5.75 Å². The fourth-order valence-electron chi connectivity index (χ4n) is 2.15. The van der Waals surface area contributed by atoms with Crippen molar-refractivity contribution in [3.8, 4) is 5.75 Å². The van der Waals surface area contributed by atoms with Crippen molar-refractivity contribution in [3.05, 3.63) is 58.1 Å². The lowest BCUT2D eigenvalue weighted by Crippen LogP contribution is -2.30.